The largest absolute Gasteiger partial charge is 0.333 e. The fourth-order valence-electron chi connectivity index (χ4n) is 2.78. The highest BCUT2D eigenvalue weighted by Gasteiger charge is 2.22. The second kappa shape index (κ2) is 9.33. The van der Waals surface area contributed by atoms with E-state index in [1.807, 2.05) is 69.3 Å². The molecule has 2 aromatic rings. The first kappa shape index (κ1) is 20.6. The summed E-state index contributed by atoms with van der Waals surface area (Å²) in [7, 11) is 0. The van der Waals surface area contributed by atoms with Gasteiger partial charge in [0, 0.05) is 11.6 Å². The van der Waals surface area contributed by atoms with Gasteiger partial charge in [-0.1, -0.05) is 60.7 Å². The highest BCUT2D eigenvalue weighted by molar-refractivity contribution is 5.97. The molecule has 27 heavy (non-hydrogen) atoms. The van der Waals surface area contributed by atoms with Gasteiger partial charge in [-0.2, -0.15) is 0 Å². The maximum atomic E-state index is 12.4. The number of carbonyl (C=O) groups is 2. The third kappa shape index (κ3) is 7.23. The van der Waals surface area contributed by atoms with Crippen LogP contribution in [0, 0.1) is 0 Å². The minimum atomic E-state index is -0.523. The first-order valence-corrected chi connectivity index (χ1v) is 9.22. The summed E-state index contributed by atoms with van der Waals surface area (Å²) < 4.78 is 0. The molecule has 3 N–H and O–H groups in total. The van der Waals surface area contributed by atoms with E-state index in [0.717, 1.165) is 12.0 Å². The average molecular weight is 367 g/mol. The molecule has 0 aromatic heterocycles. The Hall–Kier alpha value is -2.66. The van der Waals surface area contributed by atoms with Crippen LogP contribution in [0.25, 0.3) is 0 Å². The van der Waals surface area contributed by atoms with Crippen molar-refractivity contribution < 1.29 is 9.59 Å². The van der Waals surface area contributed by atoms with Gasteiger partial charge in [-0.3, -0.25) is 15.4 Å². The molecule has 0 radical (unpaired) electrons. The van der Waals surface area contributed by atoms with E-state index in [2.05, 4.69) is 28.1 Å². The van der Waals surface area contributed by atoms with E-state index >= 15 is 0 Å². The van der Waals surface area contributed by atoms with Gasteiger partial charge in [0.25, 0.3) is 0 Å². The topological polar surface area (TPSA) is 70.2 Å². The number of amides is 3. The van der Waals surface area contributed by atoms with E-state index in [-0.39, 0.29) is 11.9 Å². The highest BCUT2D eigenvalue weighted by atomic mass is 16.2. The number of imide groups is 1. The van der Waals surface area contributed by atoms with E-state index in [4.69, 9.17) is 0 Å². The van der Waals surface area contributed by atoms with E-state index in [1.54, 1.807) is 6.92 Å². The molecule has 2 rings (SSSR count). The van der Waals surface area contributed by atoms with Crippen LogP contribution in [-0.2, 0) is 11.2 Å². The summed E-state index contributed by atoms with van der Waals surface area (Å²) in [6.45, 7) is 7.36. The van der Waals surface area contributed by atoms with Gasteiger partial charge in [0.15, 0.2) is 0 Å². The summed E-state index contributed by atoms with van der Waals surface area (Å²) in [4.78, 5) is 24.4. The molecular formula is C22H29N3O2. The van der Waals surface area contributed by atoms with Crippen molar-refractivity contribution in [3.8, 4) is 0 Å². The Bertz CT molecular complexity index is 739. The predicted molar refractivity (Wildman–Crippen MR) is 108 cm³/mol. The van der Waals surface area contributed by atoms with Crippen LogP contribution < -0.4 is 16.0 Å². The normalized spacial score (nSPS) is 13.5. The maximum Gasteiger partial charge on any atom is 0.321 e. The van der Waals surface area contributed by atoms with Crippen LogP contribution in [0.1, 0.15) is 44.9 Å². The lowest BCUT2D eigenvalue weighted by atomic mass is 9.98. The zero-order chi connectivity index (χ0) is 19.9. The average Bonchev–Trinajstić information content (AvgIpc) is 2.61. The number of carbonyl (C=O) groups excluding carboxylic acids is 2. The minimum absolute atomic E-state index is 0.0416. The van der Waals surface area contributed by atoms with Crippen LogP contribution in [0.2, 0.25) is 0 Å². The molecule has 0 saturated heterocycles. The molecular weight excluding hydrogens is 338 g/mol. The summed E-state index contributed by atoms with van der Waals surface area (Å²) in [5, 5.41) is 8.49. The summed E-state index contributed by atoms with van der Waals surface area (Å²) in [5.74, 6) is -0.356. The van der Waals surface area contributed by atoms with Crippen molar-refractivity contribution in [3.05, 3.63) is 71.8 Å². The van der Waals surface area contributed by atoms with Crippen molar-refractivity contribution in [1.82, 2.24) is 16.0 Å². The van der Waals surface area contributed by atoms with Crippen molar-refractivity contribution in [2.24, 2.45) is 0 Å². The number of urea groups is 1. The molecule has 0 heterocycles. The van der Waals surface area contributed by atoms with E-state index in [9.17, 15) is 9.59 Å². The van der Waals surface area contributed by atoms with Crippen LogP contribution in [0.3, 0.4) is 0 Å². The second-order valence-electron chi connectivity index (χ2n) is 7.73. The number of rotatable bonds is 6. The van der Waals surface area contributed by atoms with Crippen molar-refractivity contribution in [2.45, 2.75) is 51.7 Å². The van der Waals surface area contributed by atoms with E-state index < -0.39 is 17.6 Å². The van der Waals surface area contributed by atoms with Gasteiger partial charge in [-0.25, -0.2) is 4.79 Å². The number of benzene rings is 2. The van der Waals surface area contributed by atoms with Crippen LogP contribution >= 0.6 is 0 Å². The fraction of sp³-hybridized carbons (Fsp3) is 0.364. The van der Waals surface area contributed by atoms with Crippen LogP contribution in [0.15, 0.2) is 60.7 Å². The number of nitrogens with one attached hydrogen (secondary N) is 3. The molecule has 0 saturated carbocycles. The van der Waals surface area contributed by atoms with E-state index in [0.29, 0.717) is 0 Å². The molecule has 0 bridgehead atoms. The van der Waals surface area contributed by atoms with Crippen LogP contribution in [0.4, 0.5) is 4.79 Å². The van der Waals surface area contributed by atoms with E-state index in [1.165, 1.54) is 5.56 Å². The number of hydrogen-bond donors (Lipinski definition) is 3. The van der Waals surface area contributed by atoms with Gasteiger partial charge in [0.1, 0.15) is 0 Å². The Morgan fingerprint density at radius 3 is 2.04 bits per heavy atom. The molecule has 5 heteroatoms. The summed E-state index contributed by atoms with van der Waals surface area (Å²) in [6, 6.07) is 19.1. The molecule has 5 nitrogen and oxygen atoms in total. The van der Waals surface area contributed by atoms with Gasteiger partial charge >= 0.3 is 6.03 Å². The Kier molecular flexibility index (Phi) is 7.13. The summed E-state index contributed by atoms with van der Waals surface area (Å²) in [6.07, 6.45) is 0.747. The van der Waals surface area contributed by atoms with Crippen molar-refractivity contribution in [1.29, 1.82) is 0 Å². The molecule has 0 aliphatic heterocycles. The zero-order valence-corrected chi connectivity index (χ0v) is 16.5. The molecule has 0 aliphatic carbocycles. The lowest BCUT2D eigenvalue weighted by Gasteiger charge is -2.25. The quantitative estimate of drug-likeness (QED) is 0.731. The van der Waals surface area contributed by atoms with Gasteiger partial charge in [0.2, 0.25) is 5.91 Å². The van der Waals surface area contributed by atoms with Crippen molar-refractivity contribution in [3.63, 3.8) is 0 Å². The standard InChI is InChI=1S/C22H29N3O2/c1-16(20(26)24-21(27)25-22(2,3)4)23-19(18-13-9-6-10-14-18)15-17-11-7-5-8-12-17/h5-14,16,19,23H,15H2,1-4H3,(H2,24,25,26,27)/t16-,19+/m0/s1. The first-order chi connectivity index (χ1) is 12.7. The smallest absolute Gasteiger partial charge is 0.321 e. The lowest BCUT2D eigenvalue weighted by molar-refractivity contribution is -0.121. The van der Waals surface area contributed by atoms with Gasteiger partial charge in [-0.15, -0.1) is 0 Å². The molecule has 0 aliphatic rings. The summed E-state index contributed by atoms with van der Waals surface area (Å²) in [5.41, 5.74) is 1.87. The summed E-state index contributed by atoms with van der Waals surface area (Å²) >= 11 is 0. The van der Waals surface area contributed by atoms with Gasteiger partial charge in [-0.05, 0) is 45.2 Å². The number of hydrogen-bond acceptors (Lipinski definition) is 3. The third-order valence-corrected chi connectivity index (χ3v) is 4.05. The highest BCUT2D eigenvalue weighted by Crippen LogP contribution is 2.19. The lowest BCUT2D eigenvalue weighted by Crippen LogP contribution is -2.52. The van der Waals surface area contributed by atoms with Gasteiger partial charge < -0.3 is 5.32 Å². The SMILES string of the molecule is C[C@H](N[C@H](Cc1ccccc1)c1ccccc1)C(=O)NC(=O)NC(C)(C)C. The Morgan fingerprint density at radius 1 is 0.926 bits per heavy atom. The molecule has 0 fully saturated rings. The van der Waals surface area contributed by atoms with Crippen LogP contribution in [0.5, 0.6) is 0 Å². The molecule has 144 valence electrons. The van der Waals surface area contributed by atoms with Crippen LogP contribution in [-0.4, -0.2) is 23.5 Å². The Labute approximate surface area is 161 Å². The van der Waals surface area contributed by atoms with Crippen molar-refractivity contribution >= 4 is 11.9 Å². The predicted octanol–water partition coefficient (Wildman–Crippen LogP) is 3.57. The van der Waals surface area contributed by atoms with Crippen molar-refractivity contribution in [2.75, 3.05) is 0 Å². The minimum Gasteiger partial charge on any atom is -0.333 e. The molecule has 0 unspecified atom stereocenters. The zero-order valence-electron chi connectivity index (χ0n) is 16.5. The third-order valence-electron chi connectivity index (χ3n) is 4.05. The Balaban J connectivity index is 2.05. The molecule has 2 aromatic carbocycles. The molecule has 0 spiro atoms. The molecule has 2 atom stereocenters. The monoisotopic (exact) mass is 367 g/mol. The van der Waals surface area contributed by atoms with Gasteiger partial charge in [0.05, 0.1) is 6.04 Å². The fourth-order valence-corrected chi connectivity index (χ4v) is 2.78. The maximum absolute atomic E-state index is 12.4. The Morgan fingerprint density at radius 2 is 1.48 bits per heavy atom. The second-order valence-corrected chi connectivity index (χ2v) is 7.73. The first-order valence-electron chi connectivity index (χ1n) is 9.22. The molecule has 3 amide bonds.